The number of aromatic nitrogens is 3. The second-order valence-corrected chi connectivity index (χ2v) is 6.92. The van der Waals surface area contributed by atoms with Gasteiger partial charge in [0, 0.05) is 11.3 Å². The van der Waals surface area contributed by atoms with Crippen molar-refractivity contribution in [2.45, 2.75) is 6.54 Å². The fourth-order valence-corrected chi connectivity index (χ4v) is 3.12. The lowest BCUT2D eigenvalue weighted by molar-refractivity contribution is 0.0950. The first-order valence-corrected chi connectivity index (χ1v) is 10.0. The van der Waals surface area contributed by atoms with Gasteiger partial charge in [0.2, 0.25) is 0 Å². The summed E-state index contributed by atoms with van der Waals surface area (Å²) in [5.74, 6) is 2.42. The van der Waals surface area contributed by atoms with Crippen LogP contribution in [0, 0.1) is 0 Å². The molecule has 0 aliphatic heterocycles. The number of hydrogen-bond acceptors (Lipinski definition) is 6. The van der Waals surface area contributed by atoms with Crippen molar-refractivity contribution < 1.29 is 14.3 Å². The largest absolute Gasteiger partial charge is 0.497 e. The average Bonchev–Trinajstić information content (AvgIpc) is 3.32. The topological polar surface area (TPSA) is 101 Å². The van der Waals surface area contributed by atoms with E-state index in [1.54, 1.807) is 20.3 Å². The Morgan fingerprint density at radius 3 is 2.25 bits per heavy atom. The van der Waals surface area contributed by atoms with E-state index in [2.05, 4.69) is 25.8 Å². The highest BCUT2D eigenvalue weighted by atomic mass is 16.5. The van der Waals surface area contributed by atoms with Crippen LogP contribution in [-0.2, 0) is 6.54 Å². The van der Waals surface area contributed by atoms with Crippen LogP contribution in [0.3, 0.4) is 0 Å². The summed E-state index contributed by atoms with van der Waals surface area (Å²) in [6.45, 7) is 0.221. The lowest BCUT2D eigenvalue weighted by atomic mass is 10.1. The van der Waals surface area contributed by atoms with Crippen LogP contribution >= 0.6 is 0 Å². The van der Waals surface area contributed by atoms with Crippen LogP contribution < -0.4 is 20.1 Å². The fourth-order valence-electron chi connectivity index (χ4n) is 3.12. The maximum atomic E-state index is 12.8. The first-order valence-electron chi connectivity index (χ1n) is 10.0. The summed E-state index contributed by atoms with van der Waals surface area (Å²) >= 11 is 0. The van der Waals surface area contributed by atoms with Gasteiger partial charge in [-0.15, -0.1) is 0 Å². The number of anilines is 2. The predicted octanol–water partition coefficient (Wildman–Crippen LogP) is 4.16. The Bertz CT molecular complexity index is 1190. The summed E-state index contributed by atoms with van der Waals surface area (Å²) in [6, 6.07) is 22.3. The number of para-hydroxylation sites is 1. The lowest BCUT2D eigenvalue weighted by Gasteiger charge is -2.12. The van der Waals surface area contributed by atoms with E-state index in [4.69, 9.17) is 9.47 Å². The number of amides is 1. The van der Waals surface area contributed by atoms with Crippen LogP contribution in [0.25, 0.3) is 11.4 Å². The SMILES string of the molecule is COc1ccc(Nc2ccccc2C(=O)NCc2nc(-c3ccc(OC)cc3)n[nH]2)cc1. The summed E-state index contributed by atoms with van der Waals surface area (Å²) in [4.78, 5) is 17.3. The first kappa shape index (κ1) is 20.9. The van der Waals surface area contributed by atoms with Crippen LogP contribution in [0.4, 0.5) is 11.4 Å². The van der Waals surface area contributed by atoms with Gasteiger partial charge in [0.15, 0.2) is 5.82 Å². The van der Waals surface area contributed by atoms with Crippen molar-refractivity contribution in [2.75, 3.05) is 19.5 Å². The first-order chi connectivity index (χ1) is 15.7. The van der Waals surface area contributed by atoms with E-state index in [0.717, 1.165) is 22.7 Å². The van der Waals surface area contributed by atoms with Crippen LogP contribution in [0.1, 0.15) is 16.2 Å². The van der Waals surface area contributed by atoms with Crippen LogP contribution in [-0.4, -0.2) is 35.3 Å². The predicted molar refractivity (Wildman–Crippen MR) is 122 cm³/mol. The van der Waals surface area contributed by atoms with Crippen molar-refractivity contribution in [2.24, 2.45) is 0 Å². The van der Waals surface area contributed by atoms with E-state index in [9.17, 15) is 4.79 Å². The number of rotatable bonds is 8. The number of aromatic amines is 1. The van der Waals surface area contributed by atoms with E-state index >= 15 is 0 Å². The molecule has 1 heterocycles. The third kappa shape index (κ3) is 4.86. The number of nitrogens with one attached hydrogen (secondary N) is 3. The minimum absolute atomic E-state index is 0.219. The molecule has 3 N–H and O–H groups in total. The second kappa shape index (κ2) is 9.65. The van der Waals surface area contributed by atoms with Crippen molar-refractivity contribution >= 4 is 17.3 Å². The molecule has 0 unspecified atom stereocenters. The highest BCUT2D eigenvalue weighted by molar-refractivity contribution is 6.00. The molecular formula is C24H23N5O3. The molecule has 0 atom stereocenters. The Morgan fingerprint density at radius 1 is 0.906 bits per heavy atom. The number of benzene rings is 3. The van der Waals surface area contributed by atoms with E-state index in [-0.39, 0.29) is 12.5 Å². The molecule has 8 nitrogen and oxygen atoms in total. The van der Waals surface area contributed by atoms with Gasteiger partial charge in [-0.25, -0.2) is 4.98 Å². The molecule has 162 valence electrons. The molecule has 0 saturated heterocycles. The second-order valence-electron chi connectivity index (χ2n) is 6.92. The minimum atomic E-state index is -0.219. The van der Waals surface area contributed by atoms with Gasteiger partial charge in [0.05, 0.1) is 32.0 Å². The third-order valence-corrected chi connectivity index (χ3v) is 4.84. The highest BCUT2D eigenvalue weighted by Gasteiger charge is 2.13. The van der Waals surface area contributed by atoms with Crippen LogP contribution in [0.2, 0.25) is 0 Å². The molecule has 0 spiro atoms. The molecule has 0 bridgehead atoms. The number of H-pyrrole nitrogens is 1. The minimum Gasteiger partial charge on any atom is -0.497 e. The quantitative estimate of drug-likeness (QED) is 0.389. The molecule has 32 heavy (non-hydrogen) atoms. The molecular weight excluding hydrogens is 406 g/mol. The molecule has 1 amide bonds. The smallest absolute Gasteiger partial charge is 0.253 e. The molecule has 0 aliphatic carbocycles. The molecule has 8 heteroatoms. The van der Waals surface area contributed by atoms with Gasteiger partial charge in [-0.1, -0.05) is 12.1 Å². The van der Waals surface area contributed by atoms with Crippen molar-refractivity contribution in [3.05, 3.63) is 84.2 Å². The summed E-state index contributed by atoms with van der Waals surface area (Å²) in [7, 11) is 3.24. The van der Waals surface area contributed by atoms with Gasteiger partial charge < -0.3 is 20.1 Å². The molecule has 1 aromatic heterocycles. The molecule has 0 radical (unpaired) electrons. The molecule has 3 aromatic carbocycles. The zero-order chi connectivity index (χ0) is 22.3. The van der Waals surface area contributed by atoms with E-state index in [1.807, 2.05) is 66.7 Å². The summed E-state index contributed by atoms with van der Waals surface area (Å²) in [5.41, 5.74) is 2.93. The average molecular weight is 429 g/mol. The molecule has 0 fully saturated rings. The van der Waals surface area contributed by atoms with Gasteiger partial charge in [-0.3, -0.25) is 9.89 Å². The fraction of sp³-hybridized carbons (Fsp3) is 0.125. The Kier molecular flexibility index (Phi) is 6.31. The Balaban J connectivity index is 1.41. The number of methoxy groups -OCH3 is 2. The van der Waals surface area contributed by atoms with Gasteiger partial charge in [0.1, 0.15) is 17.3 Å². The normalized spacial score (nSPS) is 10.4. The molecule has 0 aliphatic rings. The maximum Gasteiger partial charge on any atom is 0.253 e. The summed E-state index contributed by atoms with van der Waals surface area (Å²) in [6.07, 6.45) is 0. The highest BCUT2D eigenvalue weighted by Crippen LogP contribution is 2.23. The number of carbonyl (C=O) groups excluding carboxylic acids is 1. The van der Waals surface area contributed by atoms with Crippen LogP contribution in [0.15, 0.2) is 72.8 Å². The molecule has 4 rings (SSSR count). The van der Waals surface area contributed by atoms with Crippen molar-refractivity contribution in [3.8, 4) is 22.9 Å². The summed E-state index contributed by atoms with van der Waals surface area (Å²) < 4.78 is 10.4. The van der Waals surface area contributed by atoms with Crippen molar-refractivity contribution in [1.82, 2.24) is 20.5 Å². The van der Waals surface area contributed by atoms with Gasteiger partial charge >= 0.3 is 0 Å². The zero-order valence-corrected chi connectivity index (χ0v) is 17.8. The summed E-state index contributed by atoms with van der Waals surface area (Å²) in [5, 5.41) is 13.3. The van der Waals surface area contributed by atoms with E-state index < -0.39 is 0 Å². The maximum absolute atomic E-state index is 12.8. The van der Waals surface area contributed by atoms with Crippen LogP contribution in [0.5, 0.6) is 11.5 Å². The Labute approximate surface area is 185 Å². The molecule has 0 saturated carbocycles. The number of hydrogen-bond donors (Lipinski definition) is 3. The number of ether oxygens (including phenoxy) is 2. The van der Waals surface area contributed by atoms with E-state index in [0.29, 0.717) is 22.9 Å². The number of nitrogens with zero attached hydrogens (tertiary/aromatic N) is 2. The third-order valence-electron chi connectivity index (χ3n) is 4.84. The van der Waals surface area contributed by atoms with E-state index in [1.165, 1.54) is 0 Å². The van der Waals surface area contributed by atoms with Crippen molar-refractivity contribution in [3.63, 3.8) is 0 Å². The number of carbonyl (C=O) groups is 1. The van der Waals surface area contributed by atoms with Gasteiger partial charge in [-0.05, 0) is 60.7 Å². The van der Waals surface area contributed by atoms with Crippen molar-refractivity contribution in [1.29, 1.82) is 0 Å². The Hall–Kier alpha value is -4.33. The monoisotopic (exact) mass is 429 g/mol. The molecule has 4 aromatic rings. The standard InChI is InChI=1S/C24H23N5O3/c1-31-18-11-7-16(8-12-18)23-27-22(28-29-23)15-25-24(30)20-5-3-4-6-21(20)26-17-9-13-19(32-2)14-10-17/h3-14,26H,15H2,1-2H3,(H,25,30)(H,27,28,29). The lowest BCUT2D eigenvalue weighted by Crippen LogP contribution is -2.24. The zero-order valence-electron chi connectivity index (χ0n) is 17.8. The van der Waals surface area contributed by atoms with Gasteiger partial charge in [-0.2, -0.15) is 5.10 Å². The van der Waals surface area contributed by atoms with Gasteiger partial charge in [0.25, 0.3) is 5.91 Å². The Morgan fingerprint density at radius 2 is 1.56 bits per heavy atom.